The van der Waals surface area contributed by atoms with Gasteiger partial charge in [-0.15, -0.1) is 0 Å². The van der Waals surface area contributed by atoms with E-state index in [2.05, 4.69) is 0 Å². The van der Waals surface area contributed by atoms with Crippen LogP contribution in [0.3, 0.4) is 0 Å². The Labute approximate surface area is 165 Å². The van der Waals surface area contributed by atoms with Gasteiger partial charge in [-0.2, -0.15) is 4.74 Å². The maximum absolute atomic E-state index is 12.8. The van der Waals surface area contributed by atoms with Gasteiger partial charge in [-0.1, -0.05) is 68.4 Å². The molecule has 28 heavy (non-hydrogen) atoms. The number of ether oxygens (including phenoxy) is 2. The molecule has 1 aliphatic heterocycles. The van der Waals surface area contributed by atoms with Crippen molar-refractivity contribution in [3.05, 3.63) is 78.9 Å². The van der Waals surface area contributed by atoms with Crippen molar-refractivity contribution in [2.75, 3.05) is 6.61 Å². The molecule has 142 valence electrons. The Kier molecular flexibility index (Phi) is 5.06. The van der Waals surface area contributed by atoms with Gasteiger partial charge in [-0.05, 0) is 30.2 Å². The van der Waals surface area contributed by atoms with Crippen LogP contribution >= 0.6 is 7.05 Å². The van der Waals surface area contributed by atoms with E-state index < -0.39 is 13.1 Å². The normalized spacial score (nSPS) is 13.8. The van der Waals surface area contributed by atoms with Gasteiger partial charge in [-0.25, -0.2) is 4.79 Å². The lowest BCUT2D eigenvalue weighted by Crippen LogP contribution is -2.31. The van der Waals surface area contributed by atoms with Crippen molar-refractivity contribution in [2.24, 2.45) is 10.7 Å². The number of fused-ring (bicyclic) bond motifs is 2. The molecule has 0 N–H and O–H groups in total. The van der Waals surface area contributed by atoms with Crippen molar-refractivity contribution >= 4 is 29.1 Å². The topological polar surface area (TPSA) is 47.9 Å². The van der Waals surface area contributed by atoms with Gasteiger partial charge in [0.15, 0.2) is 0 Å². The highest BCUT2D eigenvalue weighted by atomic mass is 31.2. The Morgan fingerprint density at radius 2 is 1.43 bits per heavy atom. The summed E-state index contributed by atoms with van der Waals surface area (Å²) in [5.41, 5.74) is 0. The van der Waals surface area contributed by atoms with E-state index >= 15 is 0 Å². The highest BCUT2D eigenvalue weighted by Crippen LogP contribution is 2.54. The molecule has 0 saturated heterocycles. The number of carbonyl (C=O) groups excluding carboxylic acids is 1. The van der Waals surface area contributed by atoms with Gasteiger partial charge in [0.25, 0.3) is 0 Å². The number of hydrogen-bond acceptors (Lipinski definition) is 3. The average molecular weight is 391 g/mol. The number of para-hydroxylation sites is 2. The van der Waals surface area contributed by atoms with Crippen LogP contribution < -0.4 is 20.7 Å². The molecule has 0 spiro atoms. The molecule has 0 radical (unpaired) electrons. The fraction of sp³-hybridized carbons (Fsp3) is 0.174. The van der Waals surface area contributed by atoms with E-state index in [0.29, 0.717) is 6.61 Å². The third-order valence-electron chi connectivity index (χ3n) is 4.55. The van der Waals surface area contributed by atoms with Crippen LogP contribution in [0.4, 0.5) is 4.79 Å². The lowest BCUT2D eigenvalue weighted by atomic mass is 10.2. The molecule has 0 aliphatic carbocycles. The molecule has 1 heterocycles. The molecule has 1 amide bonds. The predicted molar refractivity (Wildman–Crippen MR) is 114 cm³/mol. The largest absolute Gasteiger partial charge is 0.456 e. The summed E-state index contributed by atoms with van der Waals surface area (Å²) in [6.45, 7) is 4.36. The van der Waals surface area contributed by atoms with Crippen molar-refractivity contribution in [1.29, 1.82) is 0 Å². The van der Waals surface area contributed by atoms with E-state index in [4.69, 9.17) is 14.2 Å². The van der Waals surface area contributed by atoms with Crippen LogP contribution in [0.2, 0.25) is 0 Å². The summed E-state index contributed by atoms with van der Waals surface area (Å²) in [5, 5.41) is 2.86. The zero-order chi connectivity index (χ0) is 19.6. The Hall–Kier alpha value is -2.84. The minimum atomic E-state index is -2.61. The molecule has 1 aliphatic rings. The lowest BCUT2D eigenvalue weighted by Gasteiger charge is -2.33. The number of carbonyl (C=O) groups is 1. The van der Waals surface area contributed by atoms with Crippen LogP contribution in [0.1, 0.15) is 13.8 Å². The maximum Gasteiger partial charge on any atom is 0.433 e. The second-order valence-electron chi connectivity index (χ2n) is 7.08. The molecule has 5 heteroatoms. The first-order valence-electron chi connectivity index (χ1n) is 9.33. The van der Waals surface area contributed by atoms with Crippen LogP contribution in [-0.4, -0.2) is 12.7 Å². The Morgan fingerprint density at radius 1 is 0.893 bits per heavy atom. The molecule has 0 atom stereocenters. The van der Waals surface area contributed by atoms with Crippen molar-refractivity contribution in [3.63, 3.8) is 0 Å². The van der Waals surface area contributed by atoms with E-state index in [9.17, 15) is 4.79 Å². The van der Waals surface area contributed by atoms with Crippen LogP contribution in [0.25, 0.3) is 0 Å². The standard InChI is InChI=1S/C23H22NO3P/c1-17(2)16-26-23(25)24-28(18-10-4-3-5-11-18)21-14-8-6-12-19(21)27-20-13-7-9-15-22(20)28/h3-15,17H,16H2,1-2H3. The molecular formula is C23H22NO3P. The molecule has 3 aromatic rings. The van der Waals surface area contributed by atoms with Gasteiger partial charge in [0.05, 0.1) is 13.7 Å². The highest BCUT2D eigenvalue weighted by Gasteiger charge is 2.37. The fourth-order valence-electron chi connectivity index (χ4n) is 3.35. The predicted octanol–water partition coefficient (Wildman–Crippen LogP) is 5.06. The van der Waals surface area contributed by atoms with E-state index in [1.165, 1.54) is 0 Å². The Morgan fingerprint density at radius 3 is 2.00 bits per heavy atom. The number of rotatable bonds is 3. The number of nitrogens with zero attached hydrogens (tertiary/aromatic N) is 1. The minimum absolute atomic E-state index is 0.249. The van der Waals surface area contributed by atoms with Gasteiger partial charge in [0, 0.05) is 15.9 Å². The summed E-state index contributed by atoms with van der Waals surface area (Å²) >= 11 is 0. The molecule has 3 aromatic carbocycles. The SMILES string of the molecule is CC(C)COC(=O)N=P1(c2ccccc2)c2ccccc2Oc2ccccc21. The third kappa shape index (κ3) is 3.25. The van der Waals surface area contributed by atoms with Crippen LogP contribution in [0.5, 0.6) is 11.5 Å². The van der Waals surface area contributed by atoms with Crippen LogP contribution in [-0.2, 0) is 4.74 Å². The quantitative estimate of drug-likeness (QED) is 0.459. The summed E-state index contributed by atoms with van der Waals surface area (Å²) in [7, 11) is -2.61. The summed E-state index contributed by atoms with van der Waals surface area (Å²) in [5.74, 6) is 1.72. The first-order chi connectivity index (χ1) is 13.6. The van der Waals surface area contributed by atoms with E-state index in [1.807, 2.05) is 92.7 Å². The van der Waals surface area contributed by atoms with Crippen molar-refractivity contribution in [3.8, 4) is 11.5 Å². The summed E-state index contributed by atoms with van der Waals surface area (Å²) < 4.78 is 16.4. The number of hydrogen-bond donors (Lipinski definition) is 0. The van der Waals surface area contributed by atoms with Crippen LogP contribution in [0, 0.1) is 5.92 Å². The zero-order valence-electron chi connectivity index (χ0n) is 15.9. The number of benzene rings is 3. The van der Waals surface area contributed by atoms with E-state index in [1.54, 1.807) is 0 Å². The second kappa shape index (κ2) is 7.65. The van der Waals surface area contributed by atoms with Gasteiger partial charge in [-0.3, -0.25) is 0 Å². The van der Waals surface area contributed by atoms with E-state index in [0.717, 1.165) is 27.4 Å². The van der Waals surface area contributed by atoms with Gasteiger partial charge in [0.1, 0.15) is 11.5 Å². The Bertz CT molecular complexity index is 1010. The van der Waals surface area contributed by atoms with E-state index in [-0.39, 0.29) is 5.92 Å². The lowest BCUT2D eigenvalue weighted by molar-refractivity contribution is 0.144. The number of amides is 1. The smallest absolute Gasteiger partial charge is 0.433 e. The maximum atomic E-state index is 12.8. The second-order valence-corrected chi connectivity index (χ2v) is 10.0. The molecule has 0 bridgehead atoms. The molecule has 4 nitrogen and oxygen atoms in total. The third-order valence-corrected chi connectivity index (χ3v) is 8.19. The summed E-state index contributed by atoms with van der Waals surface area (Å²) in [4.78, 5) is 12.8. The molecular weight excluding hydrogens is 369 g/mol. The minimum Gasteiger partial charge on any atom is -0.456 e. The van der Waals surface area contributed by atoms with Gasteiger partial charge >= 0.3 is 6.09 Å². The van der Waals surface area contributed by atoms with Gasteiger partial charge < -0.3 is 9.47 Å². The van der Waals surface area contributed by atoms with Crippen LogP contribution in [0.15, 0.2) is 83.6 Å². The molecule has 0 saturated carbocycles. The molecule has 0 fully saturated rings. The average Bonchev–Trinajstić information content (AvgIpc) is 2.72. The Balaban J connectivity index is 2.03. The van der Waals surface area contributed by atoms with Crippen molar-refractivity contribution in [1.82, 2.24) is 0 Å². The molecule has 4 rings (SSSR count). The fourth-order valence-corrected chi connectivity index (χ4v) is 6.88. The van der Waals surface area contributed by atoms with Crippen molar-refractivity contribution in [2.45, 2.75) is 13.8 Å². The first-order valence-corrected chi connectivity index (χ1v) is 11.1. The summed E-state index contributed by atoms with van der Waals surface area (Å²) in [6.07, 6.45) is -0.530. The van der Waals surface area contributed by atoms with Crippen molar-refractivity contribution < 1.29 is 14.3 Å². The molecule has 0 aromatic heterocycles. The molecule has 0 unspecified atom stereocenters. The first kappa shape index (κ1) is 18.5. The zero-order valence-corrected chi connectivity index (χ0v) is 16.8. The summed E-state index contributed by atoms with van der Waals surface area (Å²) in [6, 6.07) is 25.7. The monoisotopic (exact) mass is 391 g/mol. The van der Waals surface area contributed by atoms with Gasteiger partial charge in [0.2, 0.25) is 0 Å². The highest BCUT2D eigenvalue weighted by molar-refractivity contribution is 7.88.